The third-order valence-electron chi connectivity index (χ3n) is 1.63. The quantitative estimate of drug-likeness (QED) is 0.792. The van der Waals surface area contributed by atoms with Crippen molar-refractivity contribution in [2.24, 2.45) is 5.73 Å². The Morgan fingerprint density at radius 1 is 1.33 bits per heavy atom. The Morgan fingerprint density at radius 3 is 2.27 bits per heavy atom. The summed E-state index contributed by atoms with van der Waals surface area (Å²) in [6, 6.07) is 0.935. The fraction of sp³-hybridized carbons (Fsp3) is 0.125. The second kappa shape index (κ2) is 3.80. The van der Waals surface area contributed by atoms with Crippen molar-refractivity contribution >= 4 is 21.8 Å². The number of primary amides is 1. The van der Waals surface area contributed by atoms with Gasteiger partial charge in [0.15, 0.2) is 0 Å². The summed E-state index contributed by atoms with van der Waals surface area (Å²) < 4.78 is 49.4. The lowest BCUT2D eigenvalue weighted by molar-refractivity contribution is -0.140. The lowest BCUT2D eigenvalue weighted by atomic mass is 10.1. The summed E-state index contributed by atoms with van der Waals surface area (Å²) in [6.07, 6.45) is -4.85. The summed E-state index contributed by atoms with van der Waals surface area (Å²) in [5, 5.41) is 0. The molecule has 0 spiro atoms. The van der Waals surface area contributed by atoms with Crippen LogP contribution in [0.3, 0.4) is 0 Å². The molecule has 0 saturated heterocycles. The maximum atomic E-state index is 12.9. The molecule has 1 aromatic carbocycles. The van der Waals surface area contributed by atoms with Crippen LogP contribution in [0.4, 0.5) is 17.6 Å². The lowest BCUT2D eigenvalue weighted by Crippen LogP contribution is -2.15. The smallest absolute Gasteiger partial charge is 0.366 e. The first kappa shape index (κ1) is 12.0. The van der Waals surface area contributed by atoms with Crippen LogP contribution in [0.2, 0.25) is 0 Å². The summed E-state index contributed by atoms with van der Waals surface area (Å²) in [4.78, 5) is 10.7. The van der Waals surface area contributed by atoms with Gasteiger partial charge in [0.25, 0.3) is 0 Å². The average molecular weight is 286 g/mol. The average Bonchev–Trinajstić information content (AvgIpc) is 2.00. The van der Waals surface area contributed by atoms with Crippen molar-refractivity contribution in [3.05, 3.63) is 33.5 Å². The van der Waals surface area contributed by atoms with Gasteiger partial charge in [-0.25, -0.2) is 4.39 Å². The molecule has 0 aliphatic rings. The molecule has 2 N–H and O–H groups in total. The normalized spacial score (nSPS) is 11.5. The Bertz CT molecular complexity index is 416. The molecule has 0 fully saturated rings. The lowest BCUT2D eigenvalue weighted by Gasteiger charge is -2.10. The van der Waals surface area contributed by atoms with Crippen molar-refractivity contribution < 1.29 is 22.4 Å². The standard InChI is InChI=1S/C8H4BrF4NO/c9-5-2-6(10)4(8(11,12)13)1-3(5)7(14)15/h1-2H,(H2,14,15). The minimum absolute atomic E-state index is 0.111. The molecule has 7 heteroatoms. The molecule has 0 unspecified atom stereocenters. The molecular formula is C8H4BrF4NO. The number of carbonyl (C=O) groups is 1. The van der Waals surface area contributed by atoms with Gasteiger partial charge in [-0.15, -0.1) is 0 Å². The number of amides is 1. The van der Waals surface area contributed by atoms with E-state index in [0.29, 0.717) is 12.1 Å². The Hall–Kier alpha value is -1.11. The highest BCUT2D eigenvalue weighted by Gasteiger charge is 2.35. The first-order chi connectivity index (χ1) is 6.73. The minimum Gasteiger partial charge on any atom is -0.366 e. The summed E-state index contributed by atoms with van der Waals surface area (Å²) in [6.45, 7) is 0. The highest BCUT2D eigenvalue weighted by Crippen LogP contribution is 2.34. The van der Waals surface area contributed by atoms with Gasteiger partial charge < -0.3 is 5.73 Å². The molecular weight excluding hydrogens is 282 g/mol. The Balaban J connectivity index is 3.43. The summed E-state index contributed by atoms with van der Waals surface area (Å²) in [7, 11) is 0. The van der Waals surface area contributed by atoms with E-state index in [4.69, 9.17) is 5.73 Å². The molecule has 0 aliphatic heterocycles. The van der Waals surface area contributed by atoms with Crippen molar-refractivity contribution in [2.75, 3.05) is 0 Å². The third kappa shape index (κ3) is 2.47. The number of benzene rings is 1. The van der Waals surface area contributed by atoms with Gasteiger partial charge in [-0.2, -0.15) is 13.2 Å². The number of hydrogen-bond donors (Lipinski definition) is 1. The number of nitrogens with two attached hydrogens (primary N) is 1. The van der Waals surface area contributed by atoms with Crippen LogP contribution in [0.25, 0.3) is 0 Å². The van der Waals surface area contributed by atoms with E-state index in [1.54, 1.807) is 0 Å². The number of rotatable bonds is 1. The van der Waals surface area contributed by atoms with Crippen LogP contribution in [-0.2, 0) is 6.18 Å². The second-order valence-electron chi connectivity index (χ2n) is 2.67. The third-order valence-corrected chi connectivity index (χ3v) is 2.28. The number of alkyl halides is 3. The van der Waals surface area contributed by atoms with Gasteiger partial charge in [0.2, 0.25) is 5.91 Å². The molecule has 15 heavy (non-hydrogen) atoms. The maximum Gasteiger partial charge on any atom is 0.419 e. The molecule has 1 rings (SSSR count). The highest BCUT2D eigenvalue weighted by molar-refractivity contribution is 9.10. The Morgan fingerprint density at radius 2 is 1.87 bits per heavy atom. The van der Waals surface area contributed by atoms with Crippen LogP contribution in [0.15, 0.2) is 16.6 Å². The fourth-order valence-corrected chi connectivity index (χ4v) is 1.47. The van der Waals surface area contributed by atoms with Crippen LogP contribution in [-0.4, -0.2) is 5.91 Å². The highest BCUT2D eigenvalue weighted by atomic mass is 79.9. The van der Waals surface area contributed by atoms with E-state index in [2.05, 4.69) is 15.9 Å². The van der Waals surface area contributed by atoms with Gasteiger partial charge in [0, 0.05) is 4.47 Å². The second-order valence-corrected chi connectivity index (χ2v) is 3.53. The van der Waals surface area contributed by atoms with Gasteiger partial charge >= 0.3 is 6.18 Å². The molecule has 0 aromatic heterocycles. The Labute approximate surface area is 90.2 Å². The van der Waals surface area contributed by atoms with Crippen LogP contribution >= 0.6 is 15.9 Å². The Kier molecular flexibility index (Phi) is 3.03. The largest absolute Gasteiger partial charge is 0.419 e. The number of carbonyl (C=O) groups excluding carboxylic acids is 1. The van der Waals surface area contributed by atoms with Crippen molar-refractivity contribution in [2.45, 2.75) is 6.18 Å². The molecule has 0 aliphatic carbocycles. The van der Waals surface area contributed by atoms with Gasteiger partial charge in [-0.05, 0) is 28.1 Å². The zero-order valence-electron chi connectivity index (χ0n) is 7.03. The summed E-state index contributed by atoms with van der Waals surface area (Å²) >= 11 is 2.74. The van der Waals surface area contributed by atoms with E-state index in [1.807, 2.05) is 0 Å². The van der Waals surface area contributed by atoms with Crippen molar-refractivity contribution in [1.29, 1.82) is 0 Å². The van der Waals surface area contributed by atoms with Gasteiger partial charge in [0.1, 0.15) is 5.82 Å². The summed E-state index contributed by atoms with van der Waals surface area (Å²) in [5.74, 6) is -2.52. The molecule has 0 saturated carbocycles. The minimum atomic E-state index is -4.85. The van der Waals surface area contributed by atoms with Crippen molar-refractivity contribution in [1.82, 2.24) is 0 Å². The molecule has 0 radical (unpaired) electrons. The van der Waals surface area contributed by atoms with Gasteiger partial charge in [-0.3, -0.25) is 4.79 Å². The molecule has 2 nitrogen and oxygen atoms in total. The van der Waals surface area contributed by atoms with Crippen molar-refractivity contribution in [3.8, 4) is 0 Å². The summed E-state index contributed by atoms with van der Waals surface area (Å²) in [5.41, 5.74) is 2.89. The predicted octanol–water partition coefficient (Wildman–Crippen LogP) is 2.71. The number of hydrogen-bond acceptors (Lipinski definition) is 1. The monoisotopic (exact) mass is 285 g/mol. The molecule has 82 valence electrons. The SMILES string of the molecule is NC(=O)c1cc(C(F)(F)F)c(F)cc1Br. The van der Waals surface area contributed by atoms with Gasteiger partial charge in [0.05, 0.1) is 11.1 Å². The van der Waals surface area contributed by atoms with Crippen LogP contribution < -0.4 is 5.73 Å². The number of halogens is 5. The molecule has 0 atom stereocenters. The van der Waals surface area contributed by atoms with Crippen molar-refractivity contribution in [3.63, 3.8) is 0 Å². The van der Waals surface area contributed by atoms with E-state index in [1.165, 1.54) is 0 Å². The van der Waals surface area contributed by atoms with E-state index >= 15 is 0 Å². The van der Waals surface area contributed by atoms with Crippen LogP contribution in [0, 0.1) is 5.82 Å². The van der Waals surface area contributed by atoms with E-state index < -0.39 is 29.0 Å². The van der Waals surface area contributed by atoms with E-state index in [0.717, 1.165) is 0 Å². The predicted molar refractivity (Wildman–Crippen MR) is 47.6 cm³/mol. The topological polar surface area (TPSA) is 43.1 Å². The van der Waals surface area contributed by atoms with E-state index in [-0.39, 0.29) is 4.47 Å². The molecule has 1 amide bonds. The first-order valence-electron chi connectivity index (χ1n) is 3.59. The fourth-order valence-electron chi connectivity index (χ4n) is 0.955. The zero-order valence-corrected chi connectivity index (χ0v) is 8.62. The first-order valence-corrected chi connectivity index (χ1v) is 4.39. The molecule has 1 aromatic rings. The van der Waals surface area contributed by atoms with Gasteiger partial charge in [-0.1, -0.05) is 0 Å². The maximum absolute atomic E-state index is 12.9. The zero-order chi connectivity index (χ0) is 11.8. The van der Waals surface area contributed by atoms with Crippen LogP contribution in [0.1, 0.15) is 15.9 Å². The van der Waals surface area contributed by atoms with Crippen LogP contribution in [0.5, 0.6) is 0 Å². The molecule has 0 heterocycles. The van der Waals surface area contributed by atoms with E-state index in [9.17, 15) is 22.4 Å². The molecule has 0 bridgehead atoms.